The minimum Gasteiger partial charge on any atom is -0.337 e. The van der Waals surface area contributed by atoms with Crippen molar-refractivity contribution in [1.29, 1.82) is 0 Å². The van der Waals surface area contributed by atoms with Crippen LogP contribution in [-0.2, 0) is 11.5 Å². The molecule has 1 aliphatic heterocycles. The Morgan fingerprint density at radius 3 is 3.10 bits per heavy atom. The summed E-state index contributed by atoms with van der Waals surface area (Å²) in [5.41, 5.74) is 2.40. The Hall–Kier alpha value is -1.02. The van der Waals surface area contributed by atoms with Crippen molar-refractivity contribution in [3.8, 4) is 5.75 Å². The van der Waals surface area contributed by atoms with E-state index in [1.807, 2.05) is 12.1 Å². The van der Waals surface area contributed by atoms with Gasteiger partial charge in [-0.2, -0.15) is 4.89 Å². The monoisotopic (exact) mass is 136 g/mol. The van der Waals surface area contributed by atoms with Crippen molar-refractivity contribution in [1.82, 2.24) is 0 Å². The number of fused-ring (bicyclic) bond motifs is 1. The van der Waals surface area contributed by atoms with Gasteiger partial charge in [0.2, 0.25) is 0 Å². The van der Waals surface area contributed by atoms with Gasteiger partial charge in [0, 0.05) is 5.56 Å². The molecular weight excluding hydrogens is 128 g/mol. The smallest absolute Gasteiger partial charge is 0.171 e. The molecule has 0 spiro atoms. The Kier molecular flexibility index (Phi) is 1.14. The standard InChI is InChI=1S/C8H8O2/c1-6-3-2-4-8-7(6)5-9-10-8/h2-4H,5H2,1H3. The second-order valence-electron chi connectivity index (χ2n) is 2.40. The van der Waals surface area contributed by atoms with Gasteiger partial charge in [-0.05, 0) is 18.6 Å². The Morgan fingerprint density at radius 2 is 2.30 bits per heavy atom. The van der Waals surface area contributed by atoms with Crippen molar-refractivity contribution in [3.05, 3.63) is 29.3 Å². The first kappa shape index (κ1) is 5.74. The number of benzene rings is 1. The van der Waals surface area contributed by atoms with Crippen LogP contribution in [0.2, 0.25) is 0 Å². The summed E-state index contributed by atoms with van der Waals surface area (Å²) in [6.45, 7) is 2.64. The van der Waals surface area contributed by atoms with Gasteiger partial charge < -0.3 is 4.89 Å². The molecule has 0 amide bonds. The maximum atomic E-state index is 4.88. The molecule has 0 saturated heterocycles. The molecular formula is C8H8O2. The van der Waals surface area contributed by atoms with Gasteiger partial charge >= 0.3 is 0 Å². The van der Waals surface area contributed by atoms with Crippen LogP contribution in [0.15, 0.2) is 18.2 Å². The van der Waals surface area contributed by atoms with Gasteiger partial charge in [0.15, 0.2) is 5.75 Å². The van der Waals surface area contributed by atoms with E-state index in [4.69, 9.17) is 9.78 Å². The molecule has 2 heteroatoms. The van der Waals surface area contributed by atoms with Gasteiger partial charge in [0.1, 0.15) is 6.61 Å². The maximum Gasteiger partial charge on any atom is 0.171 e. The molecule has 0 unspecified atom stereocenters. The largest absolute Gasteiger partial charge is 0.337 e. The quantitative estimate of drug-likeness (QED) is 0.506. The fourth-order valence-electron chi connectivity index (χ4n) is 1.09. The molecule has 1 heterocycles. The third-order valence-electron chi connectivity index (χ3n) is 1.72. The summed E-state index contributed by atoms with van der Waals surface area (Å²) in [6, 6.07) is 5.93. The zero-order valence-corrected chi connectivity index (χ0v) is 5.76. The maximum absolute atomic E-state index is 4.88. The van der Waals surface area contributed by atoms with Crippen molar-refractivity contribution in [2.75, 3.05) is 0 Å². The summed E-state index contributed by atoms with van der Waals surface area (Å²) >= 11 is 0. The highest BCUT2D eigenvalue weighted by Crippen LogP contribution is 2.27. The van der Waals surface area contributed by atoms with E-state index in [9.17, 15) is 0 Å². The molecule has 1 aliphatic rings. The molecule has 2 rings (SSSR count). The lowest BCUT2D eigenvalue weighted by atomic mass is 10.1. The average Bonchev–Trinajstić information content (AvgIpc) is 2.36. The molecule has 0 atom stereocenters. The molecule has 0 aliphatic carbocycles. The van der Waals surface area contributed by atoms with E-state index >= 15 is 0 Å². The predicted octanol–water partition coefficient (Wildman–Crippen LogP) is 1.82. The zero-order chi connectivity index (χ0) is 6.97. The Bertz CT molecular complexity index is 255. The van der Waals surface area contributed by atoms with Crippen LogP contribution >= 0.6 is 0 Å². The van der Waals surface area contributed by atoms with Crippen LogP contribution in [0.4, 0.5) is 0 Å². The predicted molar refractivity (Wildman–Crippen MR) is 36.6 cm³/mol. The summed E-state index contributed by atoms with van der Waals surface area (Å²) in [5.74, 6) is 0.861. The first-order chi connectivity index (χ1) is 4.88. The van der Waals surface area contributed by atoms with E-state index in [0.29, 0.717) is 6.61 Å². The summed E-state index contributed by atoms with van der Waals surface area (Å²) in [7, 11) is 0. The highest BCUT2D eigenvalue weighted by atomic mass is 17.2. The van der Waals surface area contributed by atoms with Crippen LogP contribution in [0.3, 0.4) is 0 Å². The van der Waals surface area contributed by atoms with Crippen molar-refractivity contribution >= 4 is 0 Å². The van der Waals surface area contributed by atoms with Crippen molar-refractivity contribution < 1.29 is 9.78 Å². The van der Waals surface area contributed by atoms with Crippen LogP contribution in [0.5, 0.6) is 5.75 Å². The van der Waals surface area contributed by atoms with E-state index in [2.05, 4.69) is 13.0 Å². The fraction of sp³-hybridized carbons (Fsp3) is 0.250. The van der Waals surface area contributed by atoms with E-state index < -0.39 is 0 Å². The van der Waals surface area contributed by atoms with E-state index in [1.54, 1.807) is 0 Å². The van der Waals surface area contributed by atoms with Crippen LogP contribution in [0, 0.1) is 6.92 Å². The Morgan fingerprint density at radius 1 is 1.40 bits per heavy atom. The van der Waals surface area contributed by atoms with E-state index in [1.165, 1.54) is 11.1 Å². The van der Waals surface area contributed by atoms with Gasteiger partial charge in [-0.25, -0.2) is 0 Å². The minimum atomic E-state index is 0.585. The molecule has 52 valence electrons. The van der Waals surface area contributed by atoms with Crippen molar-refractivity contribution in [3.63, 3.8) is 0 Å². The van der Waals surface area contributed by atoms with Gasteiger partial charge in [0.05, 0.1) is 0 Å². The molecule has 0 radical (unpaired) electrons. The molecule has 0 aromatic heterocycles. The fourth-order valence-corrected chi connectivity index (χ4v) is 1.09. The molecule has 0 fully saturated rings. The number of hydrogen-bond donors (Lipinski definition) is 0. The van der Waals surface area contributed by atoms with E-state index in [-0.39, 0.29) is 0 Å². The zero-order valence-electron chi connectivity index (χ0n) is 5.76. The van der Waals surface area contributed by atoms with Gasteiger partial charge in [0.25, 0.3) is 0 Å². The highest BCUT2D eigenvalue weighted by Gasteiger charge is 2.14. The molecule has 0 saturated carbocycles. The molecule has 10 heavy (non-hydrogen) atoms. The summed E-state index contributed by atoms with van der Waals surface area (Å²) in [6.07, 6.45) is 0. The van der Waals surface area contributed by atoms with Crippen LogP contribution < -0.4 is 4.89 Å². The number of rotatable bonds is 0. The summed E-state index contributed by atoms with van der Waals surface area (Å²) < 4.78 is 0. The van der Waals surface area contributed by atoms with Gasteiger partial charge in [-0.3, -0.25) is 0 Å². The van der Waals surface area contributed by atoms with Crippen LogP contribution in [0.1, 0.15) is 11.1 Å². The Balaban J connectivity index is 2.59. The lowest BCUT2D eigenvalue weighted by Gasteiger charge is -1.95. The van der Waals surface area contributed by atoms with Gasteiger partial charge in [-0.15, -0.1) is 0 Å². The van der Waals surface area contributed by atoms with Crippen LogP contribution in [-0.4, -0.2) is 0 Å². The Labute approximate surface area is 59.3 Å². The first-order valence-electron chi connectivity index (χ1n) is 3.26. The van der Waals surface area contributed by atoms with E-state index in [0.717, 1.165) is 5.75 Å². The number of aryl methyl sites for hydroxylation is 1. The summed E-state index contributed by atoms with van der Waals surface area (Å²) in [4.78, 5) is 9.67. The highest BCUT2D eigenvalue weighted by molar-refractivity contribution is 5.39. The third-order valence-corrected chi connectivity index (χ3v) is 1.72. The third kappa shape index (κ3) is 0.693. The van der Waals surface area contributed by atoms with Gasteiger partial charge in [-0.1, -0.05) is 12.1 Å². The van der Waals surface area contributed by atoms with Crippen molar-refractivity contribution in [2.45, 2.75) is 13.5 Å². The second-order valence-corrected chi connectivity index (χ2v) is 2.40. The molecule has 0 bridgehead atoms. The topological polar surface area (TPSA) is 18.5 Å². The lowest BCUT2D eigenvalue weighted by Crippen LogP contribution is -1.81. The normalized spacial score (nSPS) is 14.5. The minimum absolute atomic E-state index is 0.585. The second kappa shape index (κ2) is 1.99. The average molecular weight is 136 g/mol. The molecule has 1 aromatic rings. The first-order valence-corrected chi connectivity index (χ1v) is 3.26. The number of hydrogen-bond acceptors (Lipinski definition) is 2. The van der Waals surface area contributed by atoms with Crippen LogP contribution in [0.25, 0.3) is 0 Å². The summed E-state index contributed by atoms with van der Waals surface area (Å²) in [5, 5.41) is 0. The SMILES string of the molecule is Cc1cccc2c1COO2. The molecule has 2 nitrogen and oxygen atoms in total. The van der Waals surface area contributed by atoms with Crippen molar-refractivity contribution in [2.24, 2.45) is 0 Å². The molecule has 1 aromatic carbocycles. The lowest BCUT2D eigenvalue weighted by molar-refractivity contribution is -0.194. The molecule has 0 N–H and O–H groups in total.